The maximum absolute atomic E-state index is 5.68. The Bertz CT molecular complexity index is 125. The van der Waals surface area contributed by atoms with E-state index < -0.39 is 0 Å². The van der Waals surface area contributed by atoms with Crippen molar-refractivity contribution in [3.05, 3.63) is 0 Å². The zero-order chi connectivity index (χ0) is 8.27. The molecule has 1 fully saturated rings. The smallest absolute Gasteiger partial charge is 0.109 e. The maximum Gasteiger partial charge on any atom is 0.109 e. The third-order valence-corrected chi connectivity index (χ3v) is 3.56. The van der Waals surface area contributed by atoms with Crippen molar-refractivity contribution in [3.63, 3.8) is 0 Å². The SMILES string of the molecule is [B]C1CC(SCC)C(CP)O1. The fraction of sp³-hybridized carbons (Fsp3) is 1.00. The van der Waals surface area contributed by atoms with Crippen LogP contribution >= 0.6 is 21.0 Å². The average Bonchev–Trinajstić information content (AvgIpc) is 2.32. The molecule has 4 atom stereocenters. The van der Waals surface area contributed by atoms with E-state index in [9.17, 15) is 0 Å². The summed E-state index contributed by atoms with van der Waals surface area (Å²) in [5.41, 5.74) is 0. The van der Waals surface area contributed by atoms with Gasteiger partial charge >= 0.3 is 0 Å². The molecule has 0 amide bonds. The summed E-state index contributed by atoms with van der Waals surface area (Å²) >= 11 is 1.96. The molecule has 1 rings (SSSR count). The molecule has 0 bridgehead atoms. The Balaban J connectivity index is 2.37. The van der Waals surface area contributed by atoms with E-state index in [-0.39, 0.29) is 6.00 Å². The molecule has 0 aromatic heterocycles. The lowest BCUT2D eigenvalue weighted by Crippen LogP contribution is -2.19. The van der Waals surface area contributed by atoms with E-state index in [4.69, 9.17) is 12.6 Å². The van der Waals surface area contributed by atoms with Crippen molar-refractivity contribution >= 4 is 28.8 Å². The quantitative estimate of drug-likeness (QED) is 0.487. The van der Waals surface area contributed by atoms with Crippen LogP contribution in [0, 0.1) is 0 Å². The van der Waals surface area contributed by atoms with Gasteiger partial charge in [0.05, 0.1) is 6.10 Å². The van der Waals surface area contributed by atoms with Gasteiger partial charge in [-0.3, -0.25) is 0 Å². The molecule has 2 radical (unpaired) electrons. The third kappa shape index (κ3) is 2.64. The van der Waals surface area contributed by atoms with E-state index in [0.717, 1.165) is 18.3 Å². The van der Waals surface area contributed by atoms with Crippen molar-refractivity contribution in [3.8, 4) is 0 Å². The predicted octanol–water partition coefficient (Wildman–Crippen LogP) is 1.27. The highest BCUT2D eigenvalue weighted by atomic mass is 32.2. The molecule has 62 valence electrons. The van der Waals surface area contributed by atoms with Gasteiger partial charge in [-0.15, -0.1) is 9.24 Å². The van der Waals surface area contributed by atoms with Gasteiger partial charge in [0, 0.05) is 11.3 Å². The van der Waals surface area contributed by atoms with Crippen LogP contribution in [0.2, 0.25) is 0 Å². The van der Waals surface area contributed by atoms with Crippen molar-refractivity contribution in [2.75, 3.05) is 11.9 Å². The van der Waals surface area contributed by atoms with E-state index >= 15 is 0 Å². The molecule has 1 heterocycles. The second kappa shape index (κ2) is 4.74. The van der Waals surface area contributed by atoms with Crippen LogP contribution in [0.1, 0.15) is 13.3 Å². The molecule has 1 nitrogen and oxygen atoms in total. The van der Waals surface area contributed by atoms with Gasteiger partial charge in [0.15, 0.2) is 0 Å². The monoisotopic (exact) mass is 188 g/mol. The Morgan fingerprint density at radius 3 is 3.00 bits per heavy atom. The lowest BCUT2D eigenvalue weighted by Gasteiger charge is -2.14. The van der Waals surface area contributed by atoms with Crippen molar-refractivity contribution in [1.29, 1.82) is 0 Å². The summed E-state index contributed by atoms with van der Waals surface area (Å²) in [7, 11) is 8.40. The molecule has 0 aromatic rings. The molecule has 0 aromatic carbocycles. The Morgan fingerprint density at radius 2 is 2.45 bits per heavy atom. The Morgan fingerprint density at radius 1 is 1.73 bits per heavy atom. The maximum atomic E-state index is 5.68. The minimum Gasteiger partial charge on any atom is -0.383 e. The van der Waals surface area contributed by atoms with Crippen LogP contribution in [0.15, 0.2) is 0 Å². The minimum atomic E-state index is -0.0235. The van der Waals surface area contributed by atoms with Gasteiger partial charge in [-0.2, -0.15) is 11.8 Å². The number of ether oxygens (including phenoxy) is 1. The lowest BCUT2D eigenvalue weighted by molar-refractivity contribution is 0.106. The summed E-state index contributed by atoms with van der Waals surface area (Å²) in [5, 5.41) is 0.618. The van der Waals surface area contributed by atoms with Crippen LogP contribution in [-0.2, 0) is 4.74 Å². The van der Waals surface area contributed by atoms with Crippen molar-refractivity contribution < 1.29 is 4.74 Å². The van der Waals surface area contributed by atoms with E-state index in [0.29, 0.717) is 11.4 Å². The second-order valence-electron chi connectivity index (χ2n) is 2.68. The standard InChI is InChI=1S/C7H14BOPS/c1-2-11-6-3-7(8)9-5(6)4-10/h5-7H,2-4,10H2,1H3. The summed E-state index contributed by atoms with van der Waals surface area (Å²) in [6, 6.07) is -0.0235. The number of hydrogen-bond acceptors (Lipinski definition) is 2. The molecular formula is C7H14BOPS. The summed E-state index contributed by atoms with van der Waals surface area (Å²) in [6.45, 7) is 2.17. The van der Waals surface area contributed by atoms with Gasteiger partial charge in [-0.05, 0) is 18.3 Å². The topological polar surface area (TPSA) is 9.23 Å². The molecular weight excluding hydrogens is 174 g/mol. The highest BCUT2D eigenvalue weighted by molar-refractivity contribution is 7.99. The van der Waals surface area contributed by atoms with Crippen molar-refractivity contribution in [2.45, 2.75) is 30.7 Å². The molecule has 4 heteroatoms. The number of rotatable bonds is 3. The fourth-order valence-corrected chi connectivity index (χ4v) is 3.13. The van der Waals surface area contributed by atoms with Crippen LogP contribution in [-0.4, -0.2) is 37.1 Å². The van der Waals surface area contributed by atoms with Crippen LogP contribution in [0.4, 0.5) is 0 Å². The first-order valence-corrected chi connectivity index (χ1v) is 5.87. The Labute approximate surface area is 76.6 Å². The lowest BCUT2D eigenvalue weighted by atomic mass is 9.97. The van der Waals surface area contributed by atoms with Gasteiger partial charge in [0.2, 0.25) is 0 Å². The molecule has 0 spiro atoms. The van der Waals surface area contributed by atoms with Gasteiger partial charge in [-0.1, -0.05) is 6.92 Å². The largest absolute Gasteiger partial charge is 0.383 e. The van der Waals surface area contributed by atoms with E-state index in [1.165, 1.54) is 0 Å². The number of thioether (sulfide) groups is 1. The van der Waals surface area contributed by atoms with Gasteiger partial charge < -0.3 is 4.74 Å². The molecule has 1 aliphatic rings. The molecule has 0 N–H and O–H groups in total. The van der Waals surface area contributed by atoms with Gasteiger partial charge in [-0.25, -0.2) is 0 Å². The van der Waals surface area contributed by atoms with E-state index in [1.807, 2.05) is 11.8 Å². The summed E-state index contributed by atoms with van der Waals surface area (Å²) in [6.07, 6.45) is 2.38. The molecule has 1 aliphatic heterocycles. The van der Waals surface area contributed by atoms with Gasteiger partial charge in [0.25, 0.3) is 0 Å². The number of hydrogen-bond donors (Lipinski definition) is 0. The molecule has 11 heavy (non-hydrogen) atoms. The second-order valence-corrected chi connectivity index (χ2v) is 4.67. The highest BCUT2D eigenvalue weighted by Crippen LogP contribution is 2.30. The van der Waals surface area contributed by atoms with Crippen molar-refractivity contribution in [1.82, 2.24) is 0 Å². The van der Waals surface area contributed by atoms with Crippen LogP contribution in [0.25, 0.3) is 0 Å². The van der Waals surface area contributed by atoms with Crippen LogP contribution < -0.4 is 0 Å². The molecule has 0 aliphatic carbocycles. The summed E-state index contributed by atoms with van der Waals surface area (Å²) < 4.78 is 5.51. The van der Waals surface area contributed by atoms with Crippen LogP contribution in [0.5, 0.6) is 0 Å². The normalized spacial score (nSPS) is 37.8. The fourth-order valence-electron chi connectivity index (χ4n) is 1.35. The summed E-state index contributed by atoms with van der Waals surface area (Å²) in [5.74, 6) is 1.15. The highest BCUT2D eigenvalue weighted by Gasteiger charge is 2.30. The first-order chi connectivity index (χ1) is 5.27. The molecule has 4 unspecified atom stereocenters. The Kier molecular flexibility index (Phi) is 4.26. The zero-order valence-corrected chi connectivity index (χ0v) is 8.80. The Hall–Kier alpha value is 0.805. The van der Waals surface area contributed by atoms with Crippen LogP contribution in [0.3, 0.4) is 0 Å². The molecule has 1 saturated heterocycles. The van der Waals surface area contributed by atoms with E-state index in [1.54, 1.807) is 0 Å². The molecule has 0 saturated carbocycles. The van der Waals surface area contributed by atoms with E-state index in [2.05, 4.69) is 16.2 Å². The average molecular weight is 188 g/mol. The zero-order valence-electron chi connectivity index (χ0n) is 6.82. The summed E-state index contributed by atoms with van der Waals surface area (Å²) in [4.78, 5) is 0. The first kappa shape index (κ1) is 9.89. The third-order valence-electron chi connectivity index (χ3n) is 1.84. The van der Waals surface area contributed by atoms with Crippen molar-refractivity contribution in [2.24, 2.45) is 0 Å². The minimum absolute atomic E-state index is 0.0235. The first-order valence-electron chi connectivity index (χ1n) is 4.00. The predicted molar refractivity (Wildman–Crippen MR) is 55.5 cm³/mol. The van der Waals surface area contributed by atoms with Gasteiger partial charge in [0.1, 0.15) is 7.85 Å².